The summed E-state index contributed by atoms with van der Waals surface area (Å²) in [6.45, 7) is 2.08. The summed E-state index contributed by atoms with van der Waals surface area (Å²) in [6, 6.07) is 8.20. The number of aliphatic hydroxyl groups excluding tert-OH is 1. The molecule has 0 fully saturated rings. The first-order valence-electron chi connectivity index (χ1n) is 5.04. The van der Waals surface area contributed by atoms with Gasteiger partial charge in [-0.3, -0.25) is 0 Å². The van der Waals surface area contributed by atoms with Crippen molar-refractivity contribution in [1.82, 2.24) is 0 Å². The summed E-state index contributed by atoms with van der Waals surface area (Å²) in [7, 11) is 0. The topological polar surface area (TPSA) is 20.2 Å². The van der Waals surface area contributed by atoms with Crippen molar-refractivity contribution in [3.63, 3.8) is 0 Å². The fourth-order valence-electron chi connectivity index (χ4n) is 1.24. The van der Waals surface area contributed by atoms with E-state index in [1.54, 1.807) is 11.8 Å². The highest BCUT2D eigenvalue weighted by Gasteiger charge is 2.05. The lowest BCUT2D eigenvalue weighted by molar-refractivity contribution is 0.191. The molecule has 0 aliphatic rings. The van der Waals surface area contributed by atoms with Crippen molar-refractivity contribution in [2.24, 2.45) is 0 Å². The summed E-state index contributed by atoms with van der Waals surface area (Å²) in [4.78, 5) is 1.23. The molecule has 0 aromatic heterocycles. The van der Waals surface area contributed by atoms with E-state index in [1.165, 1.54) is 10.5 Å². The van der Waals surface area contributed by atoms with Gasteiger partial charge in [-0.15, -0.1) is 24.1 Å². The lowest BCUT2D eigenvalue weighted by atomic mass is 10.2. The van der Waals surface area contributed by atoms with E-state index in [1.807, 2.05) is 12.1 Å². The average molecular weight is 220 g/mol. The van der Waals surface area contributed by atoms with Crippen molar-refractivity contribution >= 4 is 11.8 Å². The third kappa shape index (κ3) is 4.42. The van der Waals surface area contributed by atoms with Crippen LogP contribution in [0.4, 0.5) is 0 Å². The van der Waals surface area contributed by atoms with E-state index < -0.39 is 0 Å². The zero-order chi connectivity index (χ0) is 11.1. The molecule has 2 heteroatoms. The number of hydrogen-bond donors (Lipinski definition) is 1. The summed E-state index contributed by atoms with van der Waals surface area (Å²) < 4.78 is 0. The number of thioether (sulfide) groups is 1. The smallest absolute Gasteiger partial charge is 0.0643 e. The van der Waals surface area contributed by atoms with Crippen LogP contribution in [-0.2, 0) is 0 Å². The Morgan fingerprint density at radius 3 is 2.87 bits per heavy atom. The Morgan fingerprint density at radius 1 is 1.47 bits per heavy atom. The normalized spacial score (nSPS) is 12.1. The predicted molar refractivity (Wildman–Crippen MR) is 66.0 cm³/mol. The van der Waals surface area contributed by atoms with Crippen molar-refractivity contribution < 1.29 is 5.11 Å². The molecule has 0 aliphatic carbocycles. The molecular weight excluding hydrogens is 204 g/mol. The maximum atomic E-state index is 9.62. The van der Waals surface area contributed by atoms with Crippen molar-refractivity contribution in [3.8, 4) is 12.3 Å². The molecule has 1 nitrogen and oxygen atoms in total. The Balaban J connectivity index is 2.37. The molecule has 1 aromatic rings. The van der Waals surface area contributed by atoms with Gasteiger partial charge in [0.25, 0.3) is 0 Å². The molecule has 0 bridgehead atoms. The predicted octanol–water partition coefficient (Wildman–Crippen LogP) is 2.86. The van der Waals surface area contributed by atoms with E-state index in [-0.39, 0.29) is 6.10 Å². The Kier molecular flexibility index (Phi) is 5.31. The molecule has 1 aromatic carbocycles. The largest absolute Gasteiger partial charge is 0.392 e. The van der Waals surface area contributed by atoms with E-state index in [4.69, 9.17) is 6.42 Å². The van der Waals surface area contributed by atoms with Gasteiger partial charge in [0.2, 0.25) is 0 Å². The van der Waals surface area contributed by atoms with Crippen LogP contribution >= 0.6 is 11.8 Å². The van der Waals surface area contributed by atoms with Crippen LogP contribution in [0.3, 0.4) is 0 Å². The molecule has 1 atom stereocenters. The zero-order valence-corrected chi connectivity index (χ0v) is 9.76. The Morgan fingerprint density at radius 2 is 2.20 bits per heavy atom. The highest BCUT2D eigenvalue weighted by atomic mass is 32.2. The SMILES string of the molecule is C#CCCC(O)CSc1ccccc1C. The third-order valence-corrected chi connectivity index (χ3v) is 3.47. The van der Waals surface area contributed by atoms with Crippen LogP contribution in [0.5, 0.6) is 0 Å². The molecule has 0 saturated heterocycles. The maximum Gasteiger partial charge on any atom is 0.0643 e. The molecular formula is C13H16OS. The van der Waals surface area contributed by atoms with Crippen LogP contribution < -0.4 is 0 Å². The first kappa shape index (κ1) is 12.2. The quantitative estimate of drug-likeness (QED) is 0.608. The minimum absolute atomic E-state index is 0.300. The minimum atomic E-state index is -0.300. The fraction of sp³-hybridized carbons (Fsp3) is 0.385. The molecule has 0 amide bonds. The van der Waals surface area contributed by atoms with Crippen molar-refractivity contribution in [2.75, 3.05) is 5.75 Å². The number of aliphatic hydroxyl groups is 1. The van der Waals surface area contributed by atoms with E-state index in [0.717, 1.165) is 0 Å². The summed E-state index contributed by atoms with van der Waals surface area (Å²) in [6.07, 6.45) is 6.18. The standard InChI is InChI=1S/C13H16OS/c1-3-4-8-12(14)10-15-13-9-6-5-7-11(13)2/h1,5-7,9,12,14H,4,8,10H2,2H3. The Hall–Kier alpha value is -0.910. The average Bonchev–Trinajstić information content (AvgIpc) is 2.25. The van der Waals surface area contributed by atoms with Crippen LogP contribution in [0.25, 0.3) is 0 Å². The number of terminal acetylenes is 1. The number of aryl methyl sites for hydroxylation is 1. The highest BCUT2D eigenvalue weighted by molar-refractivity contribution is 7.99. The molecule has 0 aliphatic heterocycles. The molecule has 80 valence electrons. The lowest BCUT2D eigenvalue weighted by Crippen LogP contribution is -2.09. The van der Waals surface area contributed by atoms with Crippen LogP contribution in [0, 0.1) is 19.3 Å². The molecule has 1 N–H and O–H groups in total. The van der Waals surface area contributed by atoms with Gasteiger partial charge in [-0.2, -0.15) is 0 Å². The van der Waals surface area contributed by atoms with Crippen molar-refractivity contribution in [3.05, 3.63) is 29.8 Å². The molecule has 1 unspecified atom stereocenters. The molecule has 0 heterocycles. The highest BCUT2D eigenvalue weighted by Crippen LogP contribution is 2.23. The lowest BCUT2D eigenvalue weighted by Gasteiger charge is -2.09. The fourth-order valence-corrected chi connectivity index (χ4v) is 2.25. The number of rotatable bonds is 5. The van der Waals surface area contributed by atoms with E-state index in [9.17, 15) is 5.11 Å². The summed E-state index contributed by atoms with van der Waals surface area (Å²) in [5, 5.41) is 9.62. The first-order valence-corrected chi connectivity index (χ1v) is 6.02. The third-order valence-electron chi connectivity index (χ3n) is 2.15. The Labute approximate surface area is 95.9 Å². The van der Waals surface area contributed by atoms with Gasteiger partial charge >= 0.3 is 0 Å². The zero-order valence-electron chi connectivity index (χ0n) is 8.94. The summed E-state index contributed by atoms with van der Waals surface area (Å²) in [5.41, 5.74) is 1.26. The van der Waals surface area contributed by atoms with Gasteiger partial charge in [-0.05, 0) is 25.0 Å². The van der Waals surface area contributed by atoms with E-state index in [2.05, 4.69) is 25.0 Å². The van der Waals surface area contributed by atoms with E-state index >= 15 is 0 Å². The summed E-state index contributed by atoms with van der Waals surface area (Å²) in [5.74, 6) is 3.25. The van der Waals surface area contributed by atoms with Crippen LogP contribution in [-0.4, -0.2) is 17.0 Å². The molecule has 0 radical (unpaired) electrons. The number of hydrogen-bond acceptors (Lipinski definition) is 2. The molecule has 0 spiro atoms. The van der Waals surface area contributed by atoms with Gasteiger partial charge in [0.15, 0.2) is 0 Å². The maximum absolute atomic E-state index is 9.62. The second-order valence-electron chi connectivity index (χ2n) is 3.47. The van der Waals surface area contributed by atoms with Crippen LogP contribution in [0.2, 0.25) is 0 Å². The van der Waals surface area contributed by atoms with Crippen LogP contribution in [0.15, 0.2) is 29.2 Å². The second-order valence-corrected chi connectivity index (χ2v) is 4.53. The minimum Gasteiger partial charge on any atom is -0.392 e. The van der Waals surface area contributed by atoms with Gasteiger partial charge < -0.3 is 5.11 Å². The summed E-state index contributed by atoms with van der Waals surface area (Å²) >= 11 is 1.69. The van der Waals surface area contributed by atoms with Gasteiger partial charge in [-0.25, -0.2) is 0 Å². The van der Waals surface area contributed by atoms with E-state index in [0.29, 0.717) is 18.6 Å². The van der Waals surface area contributed by atoms with Gasteiger partial charge in [-0.1, -0.05) is 18.2 Å². The monoisotopic (exact) mass is 220 g/mol. The first-order chi connectivity index (χ1) is 7.24. The van der Waals surface area contributed by atoms with Gasteiger partial charge in [0, 0.05) is 17.1 Å². The van der Waals surface area contributed by atoms with Crippen molar-refractivity contribution in [2.45, 2.75) is 30.8 Å². The molecule has 0 saturated carbocycles. The molecule has 15 heavy (non-hydrogen) atoms. The Bertz CT molecular complexity index is 341. The van der Waals surface area contributed by atoms with Gasteiger partial charge in [0.1, 0.15) is 0 Å². The number of benzene rings is 1. The van der Waals surface area contributed by atoms with Crippen molar-refractivity contribution in [1.29, 1.82) is 0 Å². The van der Waals surface area contributed by atoms with Crippen LogP contribution in [0.1, 0.15) is 18.4 Å². The van der Waals surface area contributed by atoms with Gasteiger partial charge in [0.05, 0.1) is 6.10 Å². The molecule has 1 rings (SSSR count). The second kappa shape index (κ2) is 6.55.